The first-order valence-electron chi connectivity index (χ1n) is 7.64. The Morgan fingerprint density at radius 2 is 2.23 bits per heavy atom. The summed E-state index contributed by atoms with van der Waals surface area (Å²) in [6, 6.07) is 3.99. The van der Waals surface area contributed by atoms with Crippen LogP contribution in [0.15, 0.2) is 18.2 Å². The molecule has 1 aliphatic rings. The molecule has 1 N–H and O–H groups in total. The Labute approximate surface area is 134 Å². The maximum absolute atomic E-state index is 13.3. The number of carbonyl (C=O) groups excluding carboxylic acids is 1. The van der Waals surface area contributed by atoms with E-state index < -0.39 is 11.6 Å². The van der Waals surface area contributed by atoms with E-state index in [4.69, 9.17) is 0 Å². The van der Waals surface area contributed by atoms with Gasteiger partial charge in [-0.25, -0.2) is 8.78 Å². The van der Waals surface area contributed by atoms with Crippen molar-refractivity contribution < 1.29 is 13.6 Å². The van der Waals surface area contributed by atoms with Gasteiger partial charge in [-0.1, -0.05) is 6.92 Å². The van der Waals surface area contributed by atoms with Gasteiger partial charge in [-0.15, -0.1) is 0 Å². The summed E-state index contributed by atoms with van der Waals surface area (Å²) >= 11 is 1.76. The van der Waals surface area contributed by atoms with Crippen LogP contribution in [-0.2, 0) is 4.79 Å². The molecule has 122 valence electrons. The third-order valence-electron chi connectivity index (χ3n) is 3.82. The molecule has 0 unspecified atom stereocenters. The molecule has 0 radical (unpaired) electrons. The number of nitrogens with zero attached hydrogens (tertiary/aromatic N) is 1. The van der Waals surface area contributed by atoms with E-state index in [0.29, 0.717) is 24.6 Å². The standard InChI is InChI=1S/C16H22F2N2OS/c1-2-22-8-6-16(21)19-10-12-5-7-20(11-12)13-3-4-14(17)15(18)9-13/h3-4,9,12H,2,5-8,10-11H2,1H3,(H,19,21)/t12-/m1/s1. The molecule has 1 heterocycles. The Balaban J connectivity index is 1.75. The highest BCUT2D eigenvalue weighted by Crippen LogP contribution is 2.25. The Kier molecular flexibility index (Phi) is 6.49. The summed E-state index contributed by atoms with van der Waals surface area (Å²) in [5.74, 6) is 0.690. The first kappa shape index (κ1) is 17.1. The zero-order valence-corrected chi connectivity index (χ0v) is 13.6. The van der Waals surface area contributed by atoms with E-state index in [2.05, 4.69) is 12.2 Å². The second kappa shape index (κ2) is 8.36. The van der Waals surface area contributed by atoms with Crippen molar-refractivity contribution >= 4 is 23.4 Å². The molecule has 1 atom stereocenters. The van der Waals surface area contributed by atoms with E-state index in [9.17, 15) is 13.6 Å². The fraction of sp³-hybridized carbons (Fsp3) is 0.562. The highest BCUT2D eigenvalue weighted by Gasteiger charge is 2.23. The van der Waals surface area contributed by atoms with Gasteiger partial charge in [-0.05, 0) is 30.2 Å². The zero-order chi connectivity index (χ0) is 15.9. The van der Waals surface area contributed by atoms with E-state index in [1.54, 1.807) is 17.8 Å². The molecule has 1 fully saturated rings. The molecule has 1 aromatic carbocycles. The average molecular weight is 328 g/mol. The Bertz CT molecular complexity index is 513. The van der Waals surface area contributed by atoms with Gasteiger partial charge >= 0.3 is 0 Å². The van der Waals surface area contributed by atoms with Gasteiger partial charge in [0.2, 0.25) is 5.91 Å². The molecule has 0 aliphatic carbocycles. The van der Waals surface area contributed by atoms with Crippen molar-refractivity contribution in [1.82, 2.24) is 5.32 Å². The largest absolute Gasteiger partial charge is 0.371 e. The lowest BCUT2D eigenvalue weighted by atomic mass is 10.1. The van der Waals surface area contributed by atoms with Crippen molar-refractivity contribution in [3.8, 4) is 0 Å². The molecule has 3 nitrogen and oxygen atoms in total. The monoisotopic (exact) mass is 328 g/mol. The number of amides is 1. The number of anilines is 1. The topological polar surface area (TPSA) is 32.3 Å². The van der Waals surface area contributed by atoms with Gasteiger partial charge < -0.3 is 10.2 Å². The molecular weight excluding hydrogens is 306 g/mol. The molecule has 2 rings (SSSR count). The van der Waals surface area contributed by atoms with Crippen LogP contribution in [0.4, 0.5) is 14.5 Å². The third kappa shape index (κ3) is 4.87. The number of thioether (sulfide) groups is 1. The average Bonchev–Trinajstić information content (AvgIpc) is 2.97. The van der Waals surface area contributed by atoms with Gasteiger partial charge in [0.15, 0.2) is 11.6 Å². The molecule has 1 amide bonds. The lowest BCUT2D eigenvalue weighted by Gasteiger charge is -2.19. The minimum Gasteiger partial charge on any atom is -0.371 e. The predicted molar refractivity (Wildman–Crippen MR) is 87.3 cm³/mol. The first-order chi connectivity index (χ1) is 10.6. The summed E-state index contributed by atoms with van der Waals surface area (Å²) < 4.78 is 26.2. The number of rotatable bonds is 7. The summed E-state index contributed by atoms with van der Waals surface area (Å²) in [7, 11) is 0. The lowest BCUT2D eigenvalue weighted by Crippen LogP contribution is -2.31. The molecule has 0 saturated carbocycles. The van der Waals surface area contributed by atoms with E-state index in [1.165, 1.54) is 6.07 Å². The summed E-state index contributed by atoms with van der Waals surface area (Å²) in [4.78, 5) is 13.7. The fourth-order valence-corrected chi connectivity index (χ4v) is 3.19. The third-order valence-corrected chi connectivity index (χ3v) is 4.72. The molecule has 1 aliphatic heterocycles. The lowest BCUT2D eigenvalue weighted by molar-refractivity contribution is -0.120. The zero-order valence-electron chi connectivity index (χ0n) is 12.8. The highest BCUT2D eigenvalue weighted by atomic mass is 32.2. The molecule has 0 bridgehead atoms. The van der Waals surface area contributed by atoms with Crippen molar-refractivity contribution in [2.75, 3.05) is 36.0 Å². The van der Waals surface area contributed by atoms with Gasteiger partial charge in [0.1, 0.15) is 0 Å². The maximum Gasteiger partial charge on any atom is 0.220 e. The minimum absolute atomic E-state index is 0.0900. The van der Waals surface area contributed by atoms with Crippen LogP contribution in [0.5, 0.6) is 0 Å². The minimum atomic E-state index is -0.822. The van der Waals surface area contributed by atoms with Crippen LogP contribution in [0, 0.1) is 17.6 Å². The summed E-state index contributed by atoms with van der Waals surface area (Å²) in [6.45, 7) is 4.29. The Hall–Kier alpha value is -1.30. The SMILES string of the molecule is CCSCCC(=O)NC[C@H]1CCN(c2ccc(F)c(F)c2)C1. The van der Waals surface area contributed by atoms with Gasteiger partial charge in [0.05, 0.1) is 0 Å². The van der Waals surface area contributed by atoms with Crippen molar-refractivity contribution in [1.29, 1.82) is 0 Å². The number of hydrogen-bond donors (Lipinski definition) is 1. The van der Waals surface area contributed by atoms with Crippen LogP contribution in [0.2, 0.25) is 0 Å². The van der Waals surface area contributed by atoms with E-state index in [1.807, 2.05) is 4.90 Å². The number of nitrogens with one attached hydrogen (secondary N) is 1. The smallest absolute Gasteiger partial charge is 0.220 e. The molecule has 0 spiro atoms. The van der Waals surface area contributed by atoms with E-state index in [0.717, 1.165) is 37.1 Å². The number of benzene rings is 1. The van der Waals surface area contributed by atoms with Gasteiger partial charge in [0, 0.05) is 43.6 Å². The Morgan fingerprint density at radius 1 is 1.41 bits per heavy atom. The molecule has 1 saturated heterocycles. The number of halogens is 2. The van der Waals surface area contributed by atoms with Crippen molar-refractivity contribution in [2.45, 2.75) is 19.8 Å². The predicted octanol–water partition coefficient (Wildman–Crippen LogP) is 3.05. The van der Waals surface area contributed by atoms with Gasteiger partial charge in [0.25, 0.3) is 0 Å². The number of hydrogen-bond acceptors (Lipinski definition) is 3. The van der Waals surface area contributed by atoms with Crippen molar-refractivity contribution in [2.24, 2.45) is 5.92 Å². The Morgan fingerprint density at radius 3 is 2.95 bits per heavy atom. The van der Waals surface area contributed by atoms with Gasteiger partial charge in [-0.3, -0.25) is 4.79 Å². The highest BCUT2D eigenvalue weighted by molar-refractivity contribution is 7.99. The van der Waals surface area contributed by atoms with Crippen LogP contribution in [-0.4, -0.2) is 37.0 Å². The molecule has 22 heavy (non-hydrogen) atoms. The molecular formula is C16H22F2N2OS. The number of carbonyl (C=O) groups is 1. The summed E-state index contributed by atoms with van der Waals surface area (Å²) in [6.07, 6.45) is 1.50. The second-order valence-corrected chi connectivity index (χ2v) is 6.84. The van der Waals surface area contributed by atoms with Crippen molar-refractivity contribution in [3.05, 3.63) is 29.8 Å². The van der Waals surface area contributed by atoms with Crippen LogP contribution >= 0.6 is 11.8 Å². The summed E-state index contributed by atoms with van der Waals surface area (Å²) in [5, 5.41) is 2.96. The van der Waals surface area contributed by atoms with Crippen LogP contribution < -0.4 is 10.2 Å². The van der Waals surface area contributed by atoms with Gasteiger partial charge in [-0.2, -0.15) is 11.8 Å². The summed E-state index contributed by atoms with van der Waals surface area (Å²) in [5.41, 5.74) is 0.701. The quantitative estimate of drug-likeness (QED) is 0.781. The second-order valence-electron chi connectivity index (χ2n) is 5.45. The van der Waals surface area contributed by atoms with E-state index in [-0.39, 0.29) is 5.91 Å². The molecule has 1 aromatic rings. The van der Waals surface area contributed by atoms with Crippen molar-refractivity contribution in [3.63, 3.8) is 0 Å². The van der Waals surface area contributed by atoms with Crippen LogP contribution in [0.3, 0.4) is 0 Å². The van der Waals surface area contributed by atoms with Crippen LogP contribution in [0.25, 0.3) is 0 Å². The normalized spacial score (nSPS) is 17.8. The molecule has 0 aromatic heterocycles. The molecule has 6 heteroatoms. The first-order valence-corrected chi connectivity index (χ1v) is 8.80. The van der Waals surface area contributed by atoms with Crippen LogP contribution in [0.1, 0.15) is 19.8 Å². The van der Waals surface area contributed by atoms with E-state index >= 15 is 0 Å². The fourth-order valence-electron chi connectivity index (χ4n) is 2.57. The maximum atomic E-state index is 13.3.